The van der Waals surface area contributed by atoms with Gasteiger partial charge in [0.05, 0.1) is 0 Å². The van der Waals surface area contributed by atoms with Crippen molar-refractivity contribution in [2.24, 2.45) is 0 Å². The third kappa shape index (κ3) is 6.93. The molecular formula is C10H22ClN. The third-order valence-electron chi connectivity index (χ3n) is 1.97. The molecule has 1 nitrogen and oxygen atoms in total. The Bertz CT molecular complexity index is 102. The van der Waals surface area contributed by atoms with Gasteiger partial charge in [0.25, 0.3) is 0 Å². The molecule has 0 aliphatic rings. The highest BCUT2D eigenvalue weighted by Gasteiger charge is 2.13. The Kier molecular flexibility index (Phi) is 6.87. The highest BCUT2D eigenvalue weighted by atomic mass is 35.5. The van der Waals surface area contributed by atoms with Gasteiger partial charge in [-0.05, 0) is 26.8 Å². The van der Waals surface area contributed by atoms with Gasteiger partial charge in [0.2, 0.25) is 0 Å². The molecule has 0 bridgehead atoms. The average molecular weight is 192 g/mol. The van der Waals surface area contributed by atoms with E-state index in [1.807, 2.05) is 0 Å². The number of nitrogens with one attached hydrogen (secondary N) is 1. The van der Waals surface area contributed by atoms with Crippen LogP contribution in [0.15, 0.2) is 0 Å². The lowest BCUT2D eigenvalue weighted by Gasteiger charge is -2.23. The minimum Gasteiger partial charge on any atom is -0.311 e. The van der Waals surface area contributed by atoms with E-state index < -0.39 is 0 Å². The van der Waals surface area contributed by atoms with Crippen molar-refractivity contribution in [2.45, 2.75) is 52.0 Å². The van der Waals surface area contributed by atoms with E-state index in [1.165, 1.54) is 25.7 Å². The van der Waals surface area contributed by atoms with Crippen LogP contribution in [0.2, 0.25) is 0 Å². The molecule has 0 saturated carbocycles. The van der Waals surface area contributed by atoms with Gasteiger partial charge in [-0.3, -0.25) is 0 Å². The first kappa shape index (κ1) is 12.2. The smallest absolute Gasteiger partial charge is 0.0400 e. The Balaban J connectivity index is 3.19. The molecule has 0 saturated heterocycles. The van der Waals surface area contributed by atoms with Crippen LogP contribution in [-0.2, 0) is 0 Å². The number of halogens is 1. The van der Waals surface area contributed by atoms with E-state index in [4.69, 9.17) is 11.6 Å². The van der Waals surface area contributed by atoms with E-state index in [-0.39, 0.29) is 5.54 Å². The zero-order valence-corrected chi connectivity index (χ0v) is 9.38. The van der Waals surface area contributed by atoms with Gasteiger partial charge in [-0.1, -0.05) is 26.2 Å². The van der Waals surface area contributed by atoms with Crippen LogP contribution in [0.1, 0.15) is 46.5 Å². The molecule has 0 aliphatic carbocycles. The monoisotopic (exact) mass is 191 g/mol. The molecule has 0 aromatic carbocycles. The molecule has 0 radical (unpaired) electrons. The normalized spacial score (nSPS) is 12.0. The Morgan fingerprint density at radius 2 is 1.83 bits per heavy atom. The van der Waals surface area contributed by atoms with Gasteiger partial charge in [0.15, 0.2) is 0 Å². The fraction of sp³-hybridized carbons (Fsp3) is 1.00. The van der Waals surface area contributed by atoms with Crippen molar-refractivity contribution in [2.75, 3.05) is 12.4 Å². The molecule has 2 heteroatoms. The van der Waals surface area contributed by atoms with E-state index in [0.717, 1.165) is 6.54 Å². The van der Waals surface area contributed by atoms with Crippen molar-refractivity contribution >= 4 is 11.6 Å². The largest absolute Gasteiger partial charge is 0.311 e. The van der Waals surface area contributed by atoms with Crippen LogP contribution >= 0.6 is 11.6 Å². The molecular weight excluding hydrogens is 170 g/mol. The highest BCUT2D eigenvalue weighted by molar-refractivity contribution is 6.18. The van der Waals surface area contributed by atoms with Crippen LogP contribution in [0.5, 0.6) is 0 Å². The molecule has 0 spiro atoms. The molecule has 0 aliphatic heterocycles. The van der Waals surface area contributed by atoms with Gasteiger partial charge < -0.3 is 5.32 Å². The Hall–Kier alpha value is 0.250. The Morgan fingerprint density at radius 3 is 2.33 bits per heavy atom. The van der Waals surface area contributed by atoms with E-state index in [2.05, 4.69) is 26.1 Å². The van der Waals surface area contributed by atoms with Crippen LogP contribution < -0.4 is 5.32 Å². The number of hydrogen-bond donors (Lipinski definition) is 1. The van der Waals surface area contributed by atoms with Crippen molar-refractivity contribution < 1.29 is 0 Å². The van der Waals surface area contributed by atoms with Crippen molar-refractivity contribution in [3.05, 3.63) is 0 Å². The van der Waals surface area contributed by atoms with Gasteiger partial charge in [-0.2, -0.15) is 0 Å². The Labute approximate surface area is 81.9 Å². The zero-order valence-electron chi connectivity index (χ0n) is 8.62. The van der Waals surface area contributed by atoms with Gasteiger partial charge in [0, 0.05) is 11.4 Å². The molecule has 0 fully saturated rings. The number of alkyl halides is 1. The fourth-order valence-electron chi connectivity index (χ4n) is 1.03. The van der Waals surface area contributed by atoms with Gasteiger partial charge in [-0.15, -0.1) is 11.6 Å². The second kappa shape index (κ2) is 6.73. The molecule has 0 unspecified atom stereocenters. The molecule has 1 N–H and O–H groups in total. The molecule has 74 valence electrons. The molecule has 0 rings (SSSR count). The summed E-state index contributed by atoms with van der Waals surface area (Å²) in [7, 11) is 0. The van der Waals surface area contributed by atoms with E-state index in [0.29, 0.717) is 5.88 Å². The van der Waals surface area contributed by atoms with Crippen molar-refractivity contribution in [3.63, 3.8) is 0 Å². The maximum absolute atomic E-state index is 5.77. The summed E-state index contributed by atoms with van der Waals surface area (Å²) < 4.78 is 0. The summed E-state index contributed by atoms with van der Waals surface area (Å²) in [6.45, 7) is 7.61. The van der Waals surface area contributed by atoms with Crippen LogP contribution in [0.4, 0.5) is 0 Å². The number of hydrogen-bond acceptors (Lipinski definition) is 1. The first-order chi connectivity index (χ1) is 5.62. The summed E-state index contributed by atoms with van der Waals surface area (Å²) in [5.41, 5.74) is 0.105. The van der Waals surface area contributed by atoms with Gasteiger partial charge in [-0.25, -0.2) is 0 Å². The second-order valence-electron chi connectivity index (χ2n) is 4.00. The van der Waals surface area contributed by atoms with Crippen LogP contribution in [-0.4, -0.2) is 18.0 Å². The Morgan fingerprint density at radius 1 is 1.17 bits per heavy atom. The zero-order chi connectivity index (χ0) is 9.45. The maximum atomic E-state index is 5.77. The van der Waals surface area contributed by atoms with Crippen molar-refractivity contribution in [1.29, 1.82) is 0 Å². The topological polar surface area (TPSA) is 12.0 Å². The molecule has 0 heterocycles. The van der Waals surface area contributed by atoms with Crippen molar-refractivity contribution in [3.8, 4) is 0 Å². The van der Waals surface area contributed by atoms with Crippen LogP contribution in [0, 0.1) is 0 Å². The van der Waals surface area contributed by atoms with Crippen LogP contribution in [0.25, 0.3) is 0 Å². The molecule has 0 aromatic heterocycles. The van der Waals surface area contributed by atoms with Crippen molar-refractivity contribution in [1.82, 2.24) is 5.32 Å². The summed E-state index contributed by atoms with van der Waals surface area (Å²) >= 11 is 5.77. The lowest BCUT2D eigenvalue weighted by Crippen LogP contribution is -2.41. The quantitative estimate of drug-likeness (QED) is 0.482. The minimum absolute atomic E-state index is 0.105. The van der Waals surface area contributed by atoms with Gasteiger partial charge in [0.1, 0.15) is 0 Å². The first-order valence-electron chi connectivity index (χ1n) is 4.93. The van der Waals surface area contributed by atoms with E-state index >= 15 is 0 Å². The number of rotatable bonds is 7. The molecule has 0 atom stereocenters. The summed E-state index contributed by atoms with van der Waals surface area (Å²) in [5.74, 6) is 0.681. The lowest BCUT2D eigenvalue weighted by molar-refractivity contribution is 0.421. The predicted molar refractivity (Wildman–Crippen MR) is 56.9 cm³/mol. The first-order valence-corrected chi connectivity index (χ1v) is 5.47. The van der Waals surface area contributed by atoms with Crippen LogP contribution in [0.3, 0.4) is 0 Å². The summed E-state index contributed by atoms with van der Waals surface area (Å²) in [6.07, 6.45) is 5.26. The third-order valence-corrected chi connectivity index (χ3v) is 2.64. The number of unbranched alkanes of at least 4 members (excludes halogenated alkanes) is 3. The van der Waals surface area contributed by atoms with E-state index in [1.54, 1.807) is 0 Å². The summed E-state index contributed by atoms with van der Waals surface area (Å²) in [6, 6.07) is 0. The van der Waals surface area contributed by atoms with Gasteiger partial charge >= 0.3 is 0 Å². The predicted octanol–water partition coefficient (Wildman–Crippen LogP) is 3.17. The minimum atomic E-state index is 0.105. The maximum Gasteiger partial charge on any atom is 0.0400 e. The molecule has 0 aromatic rings. The second-order valence-corrected chi connectivity index (χ2v) is 4.27. The highest BCUT2D eigenvalue weighted by Crippen LogP contribution is 2.05. The molecule has 12 heavy (non-hydrogen) atoms. The summed E-state index contributed by atoms with van der Waals surface area (Å²) in [4.78, 5) is 0. The lowest BCUT2D eigenvalue weighted by atomic mass is 10.1. The van der Waals surface area contributed by atoms with E-state index in [9.17, 15) is 0 Å². The standard InChI is InChI=1S/C10H22ClN/c1-4-5-6-7-8-12-10(2,3)9-11/h12H,4-9H2,1-3H3. The molecule has 0 amide bonds. The SMILES string of the molecule is CCCCCCNC(C)(C)CCl. The summed E-state index contributed by atoms with van der Waals surface area (Å²) in [5, 5.41) is 3.44. The fourth-order valence-corrected chi connectivity index (χ4v) is 1.12. The average Bonchev–Trinajstić information content (AvgIpc) is 2.04.